The lowest BCUT2D eigenvalue weighted by atomic mass is 10.2. The van der Waals surface area contributed by atoms with Crippen LogP contribution in [0.2, 0.25) is 0 Å². The van der Waals surface area contributed by atoms with E-state index in [1.54, 1.807) is 34.6 Å². The SMILES string of the molecule is CCC(C)OC(=O)C(C)n1cnc2sc(C(=O)OC(C)C)c(C)c2c1=O. The van der Waals surface area contributed by atoms with E-state index >= 15 is 0 Å². The molecule has 0 saturated carbocycles. The maximum absolute atomic E-state index is 12.9. The molecular formula is C18H24N2O5S. The lowest BCUT2D eigenvalue weighted by Crippen LogP contribution is -2.31. The fraction of sp³-hybridized carbons (Fsp3) is 0.556. The van der Waals surface area contributed by atoms with Crippen LogP contribution in [0.25, 0.3) is 10.2 Å². The minimum Gasteiger partial charge on any atom is -0.461 e. The molecule has 0 radical (unpaired) electrons. The fourth-order valence-electron chi connectivity index (χ4n) is 2.37. The van der Waals surface area contributed by atoms with E-state index in [1.807, 2.05) is 6.92 Å². The molecular weight excluding hydrogens is 356 g/mol. The average molecular weight is 380 g/mol. The number of carbonyl (C=O) groups is 2. The predicted molar refractivity (Wildman–Crippen MR) is 99.7 cm³/mol. The number of rotatable bonds is 6. The van der Waals surface area contributed by atoms with Crippen LogP contribution < -0.4 is 5.56 Å². The number of fused-ring (bicyclic) bond motifs is 1. The van der Waals surface area contributed by atoms with Crippen LogP contribution in [0.3, 0.4) is 0 Å². The molecule has 142 valence electrons. The normalized spacial score (nSPS) is 13.7. The molecule has 0 bridgehead atoms. The maximum atomic E-state index is 12.9. The third-order valence-electron chi connectivity index (χ3n) is 4.05. The molecule has 2 atom stereocenters. The molecule has 0 fully saturated rings. The van der Waals surface area contributed by atoms with Crippen molar-refractivity contribution in [2.24, 2.45) is 0 Å². The lowest BCUT2D eigenvalue weighted by molar-refractivity contribution is -0.152. The van der Waals surface area contributed by atoms with E-state index < -0.39 is 18.0 Å². The van der Waals surface area contributed by atoms with Gasteiger partial charge in [-0.15, -0.1) is 11.3 Å². The zero-order valence-electron chi connectivity index (χ0n) is 15.9. The number of aromatic nitrogens is 2. The predicted octanol–water partition coefficient (Wildman–Crippen LogP) is 3.23. The van der Waals surface area contributed by atoms with Crippen molar-refractivity contribution < 1.29 is 19.1 Å². The van der Waals surface area contributed by atoms with Crippen LogP contribution in [0.5, 0.6) is 0 Å². The number of hydrogen-bond acceptors (Lipinski definition) is 7. The van der Waals surface area contributed by atoms with Gasteiger partial charge in [-0.25, -0.2) is 14.6 Å². The Balaban J connectivity index is 2.45. The van der Waals surface area contributed by atoms with Gasteiger partial charge in [0.2, 0.25) is 0 Å². The molecule has 2 aromatic heterocycles. The Hall–Kier alpha value is -2.22. The van der Waals surface area contributed by atoms with Crippen molar-refractivity contribution in [3.63, 3.8) is 0 Å². The molecule has 0 aromatic carbocycles. The van der Waals surface area contributed by atoms with Gasteiger partial charge in [-0.1, -0.05) is 6.92 Å². The summed E-state index contributed by atoms with van der Waals surface area (Å²) in [5, 5.41) is 0.330. The molecule has 7 nitrogen and oxygen atoms in total. The van der Waals surface area contributed by atoms with Gasteiger partial charge in [0, 0.05) is 0 Å². The Kier molecular flexibility index (Phi) is 6.17. The highest BCUT2D eigenvalue weighted by Crippen LogP contribution is 2.28. The second-order valence-electron chi connectivity index (χ2n) is 6.48. The molecule has 0 spiro atoms. The van der Waals surface area contributed by atoms with Gasteiger partial charge in [0.25, 0.3) is 5.56 Å². The minimum absolute atomic E-state index is 0.224. The van der Waals surface area contributed by atoms with Gasteiger partial charge in [0.1, 0.15) is 15.7 Å². The highest BCUT2D eigenvalue weighted by atomic mass is 32.1. The van der Waals surface area contributed by atoms with E-state index in [-0.39, 0.29) is 17.8 Å². The van der Waals surface area contributed by atoms with Crippen molar-refractivity contribution in [3.8, 4) is 0 Å². The van der Waals surface area contributed by atoms with Gasteiger partial charge < -0.3 is 9.47 Å². The average Bonchev–Trinajstić information content (AvgIpc) is 2.91. The topological polar surface area (TPSA) is 87.5 Å². The number of nitrogens with zero attached hydrogens (tertiary/aromatic N) is 2. The first-order valence-electron chi connectivity index (χ1n) is 8.59. The number of ether oxygens (including phenoxy) is 2. The molecule has 0 N–H and O–H groups in total. The zero-order chi connectivity index (χ0) is 19.6. The lowest BCUT2D eigenvalue weighted by Gasteiger charge is -2.17. The zero-order valence-corrected chi connectivity index (χ0v) is 16.7. The van der Waals surface area contributed by atoms with Crippen molar-refractivity contribution in [2.75, 3.05) is 0 Å². The first-order chi connectivity index (χ1) is 12.2. The molecule has 26 heavy (non-hydrogen) atoms. The van der Waals surface area contributed by atoms with Gasteiger partial charge in [-0.3, -0.25) is 9.36 Å². The number of carbonyl (C=O) groups excluding carboxylic acids is 2. The van der Waals surface area contributed by atoms with Crippen molar-refractivity contribution in [3.05, 3.63) is 27.1 Å². The first kappa shape index (κ1) is 20.1. The van der Waals surface area contributed by atoms with E-state index in [0.717, 1.165) is 11.3 Å². The van der Waals surface area contributed by atoms with Gasteiger partial charge in [-0.05, 0) is 46.6 Å². The van der Waals surface area contributed by atoms with Crippen LogP contribution in [0, 0.1) is 6.92 Å². The van der Waals surface area contributed by atoms with Crippen LogP contribution in [0.1, 0.15) is 62.3 Å². The van der Waals surface area contributed by atoms with Crippen LogP contribution in [-0.2, 0) is 14.3 Å². The summed E-state index contributed by atoms with van der Waals surface area (Å²) in [7, 11) is 0. The summed E-state index contributed by atoms with van der Waals surface area (Å²) in [6.45, 7) is 10.5. The Morgan fingerprint density at radius 1 is 1.23 bits per heavy atom. The van der Waals surface area contributed by atoms with E-state index in [1.165, 1.54) is 10.9 Å². The first-order valence-corrected chi connectivity index (χ1v) is 9.40. The van der Waals surface area contributed by atoms with Crippen molar-refractivity contribution >= 4 is 33.5 Å². The molecule has 2 heterocycles. The minimum atomic E-state index is -0.807. The smallest absolute Gasteiger partial charge is 0.348 e. The second-order valence-corrected chi connectivity index (χ2v) is 7.48. The van der Waals surface area contributed by atoms with Gasteiger partial charge >= 0.3 is 11.9 Å². The highest BCUT2D eigenvalue weighted by Gasteiger charge is 2.25. The maximum Gasteiger partial charge on any atom is 0.348 e. The molecule has 0 saturated heterocycles. The Labute approximate surface area is 155 Å². The Morgan fingerprint density at radius 3 is 2.46 bits per heavy atom. The summed E-state index contributed by atoms with van der Waals surface area (Å²) in [5.41, 5.74) is 0.144. The second kappa shape index (κ2) is 7.99. The standard InChI is InChI=1S/C18H24N2O5S/c1-7-10(4)25-17(22)12(6)20-8-19-15-13(16(20)21)11(5)14(26-15)18(23)24-9(2)3/h8-10,12H,7H2,1-6H3. The van der Waals surface area contributed by atoms with Gasteiger partial charge in [0.05, 0.1) is 23.9 Å². The fourth-order valence-corrected chi connectivity index (χ4v) is 3.39. The number of thiophene rings is 1. The van der Waals surface area contributed by atoms with Gasteiger partial charge in [-0.2, -0.15) is 0 Å². The molecule has 8 heteroatoms. The van der Waals surface area contributed by atoms with Gasteiger partial charge in [0.15, 0.2) is 0 Å². The quantitative estimate of drug-likeness (QED) is 0.715. The largest absolute Gasteiger partial charge is 0.461 e. The summed E-state index contributed by atoms with van der Waals surface area (Å²) in [6, 6.07) is -0.807. The van der Waals surface area contributed by atoms with E-state index in [2.05, 4.69) is 4.98 Å². The molecule has 2 rings (SSSR count). The van der Waals surface area contributed by atoms with E-state index in [0.29, 0.717) is 27.1 Å². The van der Waals surface area contributed by atoms with E-state index in [9.17, 15) is 14.4 Å². The molecule has 0 aliphatic heterocycles. The summed E-state index contributed by atoms with van der Waals surface area (Å²) in [6.07, 6.45) is 1.53. The molecule has 2 aromatic rings. The Morgan fingerprint density at radius 2 is 1.88 bits per heavy atom. The number of esters is 2. The number of hydrogen-bond donors (Lipinski definition) is 0. The van der Waals surface area contributed by atoms with E-state index in [4.69, 9.17) is 9.47 Å². The Bertz CT molecular complexity index is 884. The van der Waals surface area contributed by atoms with Crippen LogP contribution >= 0.6 is 11.3 Å². The summed E-state index contributed by atoms with van der Waals surface area (Å²) in [5.74, 6) is -0.967. The van der Waals surface area contributed by atoms with Crippen LogP contribution in [0.4, 0.5) is 0 Å². The number of aryl methyl sites for hydroxylation is 1. The molecule has 0 amide bonds. The summed E-state index contributed by atoms with van der Waals surface area (Å²) in [4.78, 5) is 42.4. The molecule has 0 aliphatic rings. The van der Waals surface area contributed by atoms with Crippen molar-refractivity contribution in [1.82, 2.24) is 9.55 Å². The van der Waals surface area contributed by atoms with Crippen molar-refractivity contribution in [1.29, 1.82) is 0 Å². The molecule has 2 unspecified atom stereocenters. The van der Waals surface area contributed by atoms with Crippen LogP contribution in [-0.4, -0.2) is 33.7 Å². The summed E-state index contributed by atoms with van der Waals surface area (Å²) < 4.78 is 11.8. The summed E-state index contributed by atoms with van der Waals surface area (Å²) >= 11 is 1.12. The third-order valence-corrected chi connectivity index (χ3v) is 5.23. The third kappa shape index (κ3) is 3.95. The van der Waals surface area contributed by atoms with Crippen LogP contribution in [0.15, 0.2) is 11.1 Å². The highest BCUT2D eigenvalue weighted by molar-refractivity contribution is 7.20. The van der Waals surface area contributed by atoms with Crippen molar-refractivity contribution in [2.45, 2.75) is 66.2 Å². The molecule has 0 aliphatic carbocycles. The monoisotopic (exact) mass is 380 g/mol.